The summed E-state index contributed by atoms with van der Waals surface area (Å²) >= 11 is 7.89. The van der Waals surface area contributed by atoms with Gasteiger partial charge in [0.15, 0.2) is 0 Å². The van der Waals surface area contributed by atoms with Gasteiger partial charge >= 0.3 is 0 Å². The van der Waals surface area contributed by atoms with Gasteiger partial charge in [0.2, 0.25) is 0 Å². The van der Waals surface area contributed by atoms with Crippen LogP contribution in [0.2, 0.25) is 5.02 Å². The van der Waals surface area contributed by atoms with Crippen LogP contribution in [0, 0.1) is 6.92 Å². The van der Waals surface area contributed by atoms with Crippen molar-refractivity contribution in [3.8, 4) is 17.0 Å². The van der Waals surface area contributed by atoms with Crippen molar-refractivity contribution >= 4 is 34.3 Å². The molecule has 0 aliphatic rings. The van der Waals surface area contributed by atoms with Gasteiger partial charge in [-0.3, -0.25) is 9.67 Å². The van der Waals surface area contributed by atoms with E-state index in [1.807, 2.05) is 42.9 Å². The first-order chi connectivity index (χ1) is 14.6. The van der Waals surface area contributed by atoms with Crippen LogP contribution in [0.5, 0.6) is 5.75 Å². The molecular formula is C22H21ClN4O2S. The van der Waals surface area contributed by atoms with Crippen molar-refractivity contribution < 1.29 is 9.84 Å². The van der Waals surface area contributed by atoms with Crippen molar-refractivity contribution in [1.29, 1.82) is 0 Å². The molecule has 0 atom stereocenters. The highest BCUT2D eigenvalue weighted by Crippen LogP contribution is 2.34. The summed E-state index contributed by atoms with van der Waals surface area (Å²) in [6.45, 7) is 2.34. The molecule has 8 heteroatoms. The zero-order chi connectivity index (χ0) is 21.1. The Kier molecular flexibility index (Phi) is 6.22. The van der Waals surface area contributed by atoms with Crippen molar-refractivity contribution in [2.45, 2.75) is 18.4 Å². The molecule has 3 aromatic heterocycles. The lowest BCUT2D eigenvalue weighted by Gasteiger charge is -2.15. The van der Waals surface area contributed by atoms with Crippen LogP contribution < -0.4 is 4.74 Å². The van der Waals surface area contributed by atoms with Crippen LogP contribution in [0.1, 0.15) is 11.3 Å². The zero-order valence-corrected chi connectivity index (χ0v) is 18.2. The Balaban J connectivity index is 1.72. The Morgan fingerprint density at radius 2 is 2.10 bits per heavy atom. The Labute approximate surface area is 183 Å². The van der Waals surface area contributed by atoms with Crippen molar-refractivity contribution in [2.75, 3.05) is 12.4 Å². The summed E-state index contributed by atoms with van der Waals surface area (Å²) in [6.07, 6.45) is 5.14. The second-order valence-electron chi connectivity index (χ2n) is 6.76. The van der Waals surface area contributed by atoms with Gasteiger partial charge in [0.1, 0.15) is 17.9 Å². The number of nitrogens with zero attached hydrogens (tertiary/aromatic N) is 4. The first-order valence-electron chi connectivity index (χ1n) is 9.46. The molecule has 1 aromatic carbocycles. The van der Waals surface area contributed by atoms with E-state index in [2.05, 4.69) is 16.1 Å². The molecule has 1 N–H and O–H groups in total. The first kappa shape index (κ1) is 20.7. The molecule has 0 unspecified atom stereocenters. The molecule has 0 aliphatic carbocycles. The maximum absolute atomic E-state index is 9.14. The summed E-state index contributed by atoms with van der Waals surface area (Å²) in [6, 6.07) is 9.97. The Bertz CT molecular complexity index is 1200. The smallest absolute Gasteiger partial charge is 0.146 e. The number of aliphatic hydroxyl groups excluding tert-OH is 1. The number of hydrogen-bond acceptors (Lipinski definition) is 6. The summed E-state index contributed by atoms with van der Waals surface area (Å²) in [7, 11) is 1.92. The van der Waals surface area contributed by atoms with E-state index in [-0.39, 0.29) is 13.2 Å². The third-order valence-electron chi connectivity index (χ3n) is 4.71. The molecular weight excluding hydrogens is 420 g/mol. The molecule has 154 valence electrons. The first-order valence-corrected chi connectivity index (χ1v) is 10.8. The molecule has 0 fully saturated rings. The highest BCUT2D eigenvalue weighted by molar-refractivity contribution is 7.99. The van der Waals surface area contributed by atoms with E-state index in [9.17, 15) is 0 Å². The number of ether oxygens (including phenoxy) is 1. The van der Waals surface area contributed by atoms with Crippen molar-refractivity contribution in [3.63, 3.8) is 0 Å². The number of aryl methyl sites for hydroxylation is 2. The van der Waals surface area contributed by atoms with Crippen LogP contribution in [0.4, 0.5) is 0 Å². The van der Waals surface area contributed by atoms with Gasteiger partial charge < -0.3 is 9.84 Å². The van der Waals surface area contributed by atoms with E-state index in [0.29, 0.717) is 16.5 Å². The van der Waals surface area contributed by atoms with E-state index in [1.54, 1.807) is 18.6 Å². The maximum Gasteiger partial charge on any atom is 0.146 e. The summed E-state index contributed by atoms with van der Waals surface area (Å²) in [5.74, 6) is 1.25. The molecule has 6 nitrogen and oxygen atoms in total. The lowest BCUT2D eigenvalue weighted by atomic mass is 10.0. The van der Waals surface area contributed by atoms with Crippen LogP contribution in [0.3, 0.4) is 0 Å². The zero-order valence-electron chi connectivity index (χ0n) is 16.7. The number of rotatable bonds is 7. The van der Waals surface area contributed by atoms with Crippen LogP contribution >= 0.6 is 23.4 Å². The quantitative estimate of drug-likeness (QED) is 0.421. The number of aromatic nitrogens is 4. The van der Waals surface area contributed by atoms with Crippen molar-refractivity contribution in [1.82, 2.24) is 19.7 Å². The summed E-state index contributed by atoms with van der Waals surface area (Å²) in [5, 5.41) is 15.0. The van der Waals surface area contributed by atoms with Crippen LogP contribution in [0.25, 0.3) is 22.2 Å². The molecule has 4 aromatic rings. The molecule has 0 saturated heterocycles. The lowest BCUT2D eigenvalue weighted by molar-refractivity contribution is 0.306. The highest BCUT2D eigenvalue weighted by Gasteiger charge is 2.15. The third kappa shape index (κ3) is 4.14. The molecule has 4 rings (SSSR count). The van der Waals surface area contributed by atoms with Gasteiger partial charge in [-0.25, -0.2) is 4.98 Å². The predicted octanol–water partition coefficient (Wildman–Crippen LogP) is 4.66. The van der Waals surface area contributed by atoms with Crippen molar-refractivity contribution in [2.24, 2.45) is 7.05 Å². The molecule has 0 aliphatic heterocycles. The normalized spacial score (nSPS) is 11.2. The molecule has 0 saturated carbocycles. The number of thioether (sulfide) groups is 1. The molecule has 3 heterocycles. The van der Waals surface area contributed by atoms with Crippen molar-refractivity contribution in [3.05, 3.63) is 65.2 Å². The Morgan fingerprint density at radius 1 is 1.23 bits per heavy atom. The van der Waals surface area contributed by atoms with E-state index < -0.39 is 0 Å². The van der Waals surface area contributed by atoms with E-state index >= 15 is 0 Å². The van der Waals surface area contributed by atoms with E-state index in [1.165, 1.54) is 11.8 Å². The maximum atomic E-state index is 9.14. The number of benzene rings is 1. The second kappa shape index (κ2) is 9.04. The van der Waals surface area contributed by atoms with Gasteiger partial charge in [-0.1, -0.05) is 23.7 Å². The third-order valence-corrected chi connectivity index (χ3v) is 6.09. The fraction of sp³-hybridized carbons (Fsp3) is 0.227. The molecule has 0 radical (unpaired) electrons. The average molecular weight is 441 g/mol. The van der Waals surface area contributed by atoms with Gasteiger partial charge in [-0.2, -0.15) is 5.10 Å². The molecule has 0 bridgehead atoms. The summed E-state index contributed by atoms with van der Waals surface area (Å²) in [5.41, 5.74) is 4.62. The van der Waals surface area contributed by atoms with E-state index in [4.69, 9.17) is 26.4 Å². The largest absolute Gasteiger partial charge is 0.487 e. The molecule has 0 amide bonds. The number of para-hydroxylation sites is 1. The van der Waals surface area contributed by atoms with Gasteiger partial charge in [0, 0.05) is 58.5 Å². The Hall–Kier alpha value is -2.61. The van der Waals surface area contributed by atoms with Gasteiger partial charge in [0.25, 0.3) is 0 Å². The number of halogens is 1. The minimum atomic E-state index is 0.0841. The van der Waals surface area contributed by atoms with Crippen LogP contribution in [0.15, 0.2) is 53.8 Å². The topological polar surface area (TPSA) is 73.1 Å². The SMILES string of the molecule is Cc1cc(-c2ccnn2C)c2cccc(OCc3c(Cl)cncc3SCCO)c2n1. The molecule has 30 heavy (non-hydrogen) atoms. The number of aliphatic hydroxyl groups is 1. The summed E-state index contributed by atoms with van der Waals surface area (Å²) in [4.78, 5) is 9.80. The highest BCUT2D eigenvalue weighted by atomic mass is 35.5. The van der Waals surface area contributed by atoms with Crippen LogP contribution in [-0.4, -0.2) is 37.2 Å². The minimum absolute atomic E-state index is 0.0841. The van der Waals surface area contributed by atoms with E-state index in [0.717, 1.165) is 38.3 Å². The lowest BCUT2D eigenvalue weighted by Crippen LogP contribution is -2.02. The standard InChI is InChI=1S/C22H21ClN4O2S/c1-14-10-16(19-6-7-25-27(19)2)15-4-3-5-20(22(15)26-14)29-13-17-18(23)11-24-12-21(17)30-9-8-28/h3-7,10-12,28H,8-9,13H2,1-2H3. The minimum Gasteiger partial charge on any atom is -0.487 e. The second-order valence-corrected chi connectivity index (χ2v) is 8.31. The number of fused-ring (bicyclic) bond motifs is 1. The van der Waals surface area contributed by atoms with Crippen LogP contribution in [-0.2, 0) is 13.7 Å². The summed E-state index contributed by atoms with van der Waals surface area (Å²) < 4.78 is 8.04. The predicted molar refractivity (Wildman–Crippen MR) is 120 cm³/mol. The fourth-order valence-corrected chi connectivity index (χ4v) is 4.39. The van der Waals surface area contributed by atoms with Gasteiger partial charge in [0.05, 0.1) is 17.3 Å². The number of hydrogen-bond donors (Lipinski definition) is 1. The number of pyridine rings is 2. The average Bonchev–Trinajstić information content (AvgIpc) is 3.16. The fourth-order valence-electron chi connectivity index (χ4n) is 3.33. The van der Waals surface area contributed by atoms with Gasteiger partial charge in [-0.05, 0) is 25.1 Å². The monoisotopic (exact) mass is 440 g/mol. The Morgan fingerprint density at radius 3 is 2.87 bits per heavy atom. The van der Waals surface area contributed by atoms with Gasteiger partial charge in [-0.15, -0.1) is 11.8 Å². The molecule has 0 spiro atoms.